The monoisotopic (exact) mass is 1320 g/mol. The summed E-state index contributed by atoms with van der Waals surface area (Å²) in [5.41, 5.74) is 0. The van der Waals surface area contributed by atoms with Crippen molar-refractivity contribution in [1.82, 2.24) is 0 Å². The molecule has 0 heterocycles. The number of aliphatic hydroxyl groups excluding tert-OH is 1. The molecule has 0 aliphatic rings. The molecule has 3 N–H and O–H groups in total. The van der Waals surface area contributed by atoms with E-state index in [1.807, 2.05) is 0 Å². The van der Waals surface area contributed by atoms with Crippen LogP contribution in [0.1, 0.15) is 349 Å². The van der Waals surface area contributed by atoms with Crippen molar-refractivity contribution >= 4 is 39.5 Å². The summed E-state index contributed by atoms with van der Waals surface area (Å²) in [6.45, 7) is 4.87. The summed E-state index contributed by atoms with van der Waals surface area (Å²) in [6, 6.07) is 0. The molecular formula is C71H134O17P2. The van der Waals surface area contributed by atoms with Crippen molar-refractivity contribution in [3.63, 3.8) is 0 Å². The average Bonchev–Trinajstić information content (AvgIpc) is 2.94. The topological polar surface area (TPSA) is 237 Å². The Bertz CT molecular complexity index is 1820. The van der Waals surface area contributed by atoms with Crippen molar-refractivity contribution in [2.24, 2.45) is 0 Å². The van der Waals surface area contributed by atoms with Crippen LogP contribution in [-0.4, -0.2) is 96.7 Å². The molecule has 0 aromatic carbocycles. The highest BCUT2D eigenvalue weighted by Crippen LogP contribution is 2.45. The molecule has 0 aromatic heterocycles. The number of ether oxygens (including phenoxy) is 4. The third kappa shape index (κ3) is 64.3. The molecule has 0 spiro atoms. The summed E-state index contributed by atoms with van der Waals surface area (Å²) in [6.07, 6.45) is 56.1. The first kappa shape index (κ1) is 87.5. The second kappa shape index (κ2) is 65.2. The zero-order chi connectivity index (χ0) is 66.1. The van der Waals surface area contributed by atoms with Gasteiger partial charge in [0.25, 0.3) is 0 Å². The van der Waals surface area contributed by atoms with Gasteiger partial charge < -0.3 is 33.8 Å². The van der Waals surface area contributed by atoms with Crippen LogP contribution in [0.3, 0.4) is 0 Å². The fourth-order valence-electron chi connectivity index (χ4n) is 10.3. The van der Waals surface area contributed by atoms with Crippen LogP contribution in [0.15, 0.2) is 24.3 Å². The highest BCUT2D eigenvalue weighted by atomic mass is 31.2. The molecule has 0 radical (unpaired) electrons. The van der Waals surface area contributed by atoms with Crippen molar-refractivity contribution < 1.29 is 80.2 Å². The first-order valence-corrected chi connectivity index (χ1v) is 39.6. The van der Waals surface area contributed by atoms with Crippen molar-refractivity contribution in [3.8, 4) is 0 Å². The highest BCUT2D eigenvalue weighted by Gasteiger charge is 2.30. The number of esters is 4. The van der Waals surface area contributed by atoms with Crippen LogP contribution in [0.5, 0.6) is 0 Å². The lowest BCUT2D eigenvalue weighted by Gasteiger charge is -2.21. The van der Waals surface area contributed by atoms with Gasteiger partial charge in [-0.1, -0.05) is 296 Å². The van der Waals surface area contributed by atoms with Crippen molar-refractivity contribution in [1.29, 1.82) is 0 Å². The maximum atomic E-state index is 13.0. The highest BCUT2D eigenvalue weighted by molar-refractivity contribution is 7.47. The Hall–Kier alpha value is -2.46. The van der Waals surface area contributed by atoms with Crippen LogP contribution in [-0.2, 0) is 65.4 Å². The number of phosphoric acid groups is 2. The van der Waals surface area contributed by atoms with E-state index in [9.17, 15) is 43.2 Å². The van der Waals surface area contributed by atoms with E-state index in [4.69, 9.17) is 37.0 Å². The lowest BCUT2D eigenvalue weighted by Crippen LogP contribution is -2.30. The summed E-state index contributed by atoms with van der Waals surface area (Å²) in [4.78, 5) is 72.5. The SMILES string of the molecule is CCCCCC/C=C\C=C/CCCCCCCC(=O)O[C@H](COC(=O)CCCCCCCCCCCCCCCC)COP(=O)(O)OC[C@@H](O)COP(=O)(O)OC[C@@H](COC(=O)CCCCCCCCCCC)OC(=O)CCCCCCCCCCCCCC. The fourth-order valence-corrected chi connectivity index (χ4v) is 11.9. The van der Waals surface area contributed by atoms with Gasteiger partial charge in [0.1, 0.15) is 19.3 Å². The lowest BCUT2D eigenvalue weighted by atomic mass is 10.0. The van der Waals surface area contributed by atoms with Crippen LogP contribution in [0.2, 0.25) is 0 Å². The van der Waals surface area contributed by atoms with Crippen molar-refractivity contribution in [2.75, 3.05) is 39.6 Å². The maximum Gasteiger partial charge on any atom is 0.472 e. The van der Waals surface area contributed by atoms with E-state index in [1.165, 1.54) is 167 Å². The van der Waals surface area contributed by atoms with Gasteiger partial charge in [-0.15, -0.1) is 0 Å². The summed E-state index contributed by atoms with van der Waals surface area (Å²) >= 11 is 0. The summed E-state index contributed by atoms with van der Waals surface area (Å²) in [5.74, 6) is -2.15. The first-order chi connectivity index (χ1) is 43.7. The smallest absolute Gasteiger partial charge is 0.462 e. The van der Waals surface area contributed by atoms with Gasteiger partial charge in [0.05, 0.1) is 26.4 Å². The third-order valence-corrected chi connectivity index (χ3v) is 17.9. The minimum atomic E-state index is -4.96. The Balaban J connectivity index is 5.27. The molecule has 2 unspecified atom stereocenters. The predicted octanol–water partition coefficient (Wildman–Crippen LogP) is 20.2. The number of hydrogen-bond acceptors (Lipinski definition) is 15. The maximum absolute atomic E-state index is 13.0. The molecular weight excluding hydrogens is 1190 g/mol. The average molecular weight is 1320 g/mol. The number of carbonyl (C=O) groups excluding carboxylic acids is 4. The second-order valence-corrected chi connectivity index (χ2v) is 27.8. The van der Waals surface area contributed by atoms with Gasteiger partial charge in [-0.05, 0) is 51.4 Å². The van der Waals surface area contributed by atoms with Crippen LogP contribution < -0.4 is 0 Å². The summed E-state index contributed by atoms with van der Waals surface area (Å²) in [7, 11) is -9.91. The number of carbonyl (C=O) groups is 4. The standard InChI is InChI=1S/C71H134O17P2/c1-5-9-13-17-21-25-28-31-33-35-38-42-46-50-54-58-71(76)88-67(62-82-69(74)56-52-48-44-40-37-34-32-29-26-22-18-14-10-6-2)64-86-90(79,80)84-60-65(72)59-83-89(77,78)85-63-66(61-81-68(73)55-51-47-43-39-24-20-16-12-8-4)87-70(75)57-53-49-45-41-36-30-27-23-19-15-11-7-3/h25,28,31,33,65-67,72H,5-24,26-27,29-30,32,34-64H2,1-4H3,(H,77,78)(H,79,80)/b28-25-,33-31-/t65-,66+,67+/m0/s1. The predicted molar refractivity (Wildman–Crippen MR) is 363 cm³/mol. The van der Waals surface area contributed by atoms with Crippen LogP contribution in [0.4, 0.5) is 0 Å². The van der Waals surface area contributed by atoms with Gasteiger partial charge in [-0.25, -0.2) is 9.13 Å². The fraction of sp³-hybridized carbons (Fsp3) is 0.887. The molecule has 0 bridgehead atoms. The Morgan fingerprint density at radius 3 is 0.811 bits per heavy atom. The summed E-state index contributed by atoms with van der Waals surface area (Å²) in [5, 5.41) is 10.6. The van der Waals surface area contributed by atoms with Gasteiger partial charge in [0.2, 0.25) is 0 Å². The minimum Gasteiger partial charge on any atom is -0.462 e. The van der Waals surface area contributed by atoms with Gasteiger partial charge in [0.15, 0.2) is 12.2 Å². The Kier molecular flexibility index (Phi) is 63.4. The first-order valence-electron chi connectivity index (χ1n) is 36.6. The lowest BCUT2D eigenvalue weighted by molar-refractivity contribution is -0.161. The molecule has 17 nitrogen and oxygen atoms in total. The number of phosphoric ester groups is 2. The molecule has 0 saturated carbocycles. The zero-order valence-corrected chi connectivity index (χ0v) is 59.4. The van der Waals surface area contributed by atoms with Crippen LogP contribution in [0, 0.1) is 0 Å². The molecule has 0 aliphatic heterocycles. The van der Waals surface area contributed by atoms with Crippen molar-refractivity contribution in [2.45, 2.75) is 367 Å². The van der Waals surface area contributed by atoms with Gasteiger partial charge in [-0.2, -0.15) is 0 Å². The Morgan fingerprint density at radius 1 is 0.311 bits per heavy atom. The van der Waals surface area contributed by atoms with E-state index in [0.717, 1.165) is 103 Å². The largest absolute Gasteiger partial charge is 0.472 e. The van der Waals surface area contributed by atoms with Crippen molar-refractivity contribution in [3.05, 3.63) is 24.3 Å². The van der Waals surface area contributed by atoms with Crippen LogP contribution >= 0.6 is 15.6 Å². The molecule has 90 heavy (non-hydrogen) atoms. The minimum absolute atomic E-state index is 0.0859. The quantitative estimate of drug-likeness (QED) is 0.0169. The van der Waals surface area contributed by atoms with Crippen LogP contribution in [0.25, 0.3) is 0 Å². The second-order valence-electron chi connectivity index (χ2n) is 24.9. The molecule has 0 amide bonds. The normalized spacial score (nSPS) is 14.2. The Morgan fingerprint density at radius 2 is 0.533 bits per heavy atom. The van der Waals surface area contributed by atoms with Gasteiger partial charge in [0, 0.05) is 25.7 Å². The molecule has 0 fully saturated rings. The molecule has 530 valence electrons. The number of rotatable bonds is 70. The molecule has 0 saturated heterocycles. The zero-order valence-electron chi connectivity index (χ0n) is 57.6. The van der Waals surface area contributed by atoms with Gasteiger partial charge in [-0.3, -0.25) is 37.3 Å². The molecule has 19 heteroatoms. The van der Waals surface area contributed by atoms with E-state index in [0.29, 0.717) is 25.7 Å². The summed E-state index contributed by atoms with van der Waals surface area (Å²) < 4.78 is 68.2. The number of hydrogen-bond donors (Lipinski definition) is 3. The number of unbranched alkanes of at least 4 members (excludes halogenated alkanes) is 41. The number of aliphatic hydroxyl groups is 1. The van der Waals surface area contributed by atoms with E-state index in [1.54, 1.807) is 0 Å². The molecule has 5 atom stereocenters. The number of allylic oxidation sites excluding steroid dienone is 4. The Labute approximate surface area is 548 Å². The van der Waals surface area contributed by atoms with E-state index < -0.39 is 97.5 Å². The van der Waals surface area contributed by atoms with Gasteiger partial charge >= 0.3 is 39.5 Å². The molecule has 0 rings (SSSR count). The molecule has 0 aliphatic carbocycles. The van der Waals surface area contributed by atoms with E-state index in [2.05, 4.69) is 52.0 Å². The third-order valence-electron chi connectivity index (χ3n) is 16.0. The van der Waals surface area contributed by atoms with E-state index >= 15 is 0 Å². The van der Waals surface area contributed by atoms with E-state index in [-0.39, 0.29) is 25.7 Å². The molecule has 0 aromatic rings.